The van der Waals surface area contributed by atoms with Crippen LogP contribution in [0.2, 0.25) is 0 Å². The number of pyridine rings is 1. The molecular weight excluding hydrogens is 352 g/mol. The normalized spacial score (nSPS) is 10.6. The minimum Gasteiger partial charge on any atom is -0.326 e. The molecule has 4 aromatic carbocycles. The Morgan fingerprint density at radius 1 is 0.690 bits per heavy atom. The van der Waals surface area contributed by atoms with Crippen LogP contribution in [0.15, 0.2) is 103 Å². The van der Waals surface area contributed by atoms with Crippen LogP contribution in [-0.4, -0.2) is 4.98 Å². The van der Waals surface area contributed by atoms with Crippen LogP contribution < -0.4 is 5.73 Å². The summed E-state index contributed by atoms with van der Waals surface area (Å²) in [7, 11) is 0. The van der Waals surface area contributed by atoms with Gasteiger partial charge in [-0.25, -0.2) is 4.98 Å². The van der Waals surface area contributed by atoms with Crippen molar-refractivity contribution in [3.05, 3.63) is 114 Å². The van der Waals surface area contributed by atoms with Gasteiger partial charge >= 0.3 is 0 Å². The van der Waals surface area contributed by atoms with Crippen molar-refractivity contribution in [2.45, 2.75) is 13.5 Å². The Morgan fingerprint density at radius 3 is 2.00 bits per heavy atom. The molecule has 29 heavy (non-hydrogen) atoms. The zero-order valence-corrected chi connectivity index (χ0v) is 16.5. The summed E-state index contributed by atoms with van der Waals surface area (Å²) in [6.45, 7) is 2.60. The van der Waals surface area contributed by atoms with Crippen molar-refractivity contribution in [2.75, 3.05) is 0 Å². The third-order valence-corrected chi connectivity index (χ3v) is 5.01. The van der Waals surface area contributed by atoms with Crippen LogP contribution in [0.1, 0.15) is 11.1 Å². The first-order valence-corrected chi connectivity index (χ1v) is 9.85. The predicted octanol–water partition coefficient (Wildman–Crippen LogP) is 6.51. The molecule has 5 aromatic rings. The van der Waals surface area contributed by atoms with Gasteiger partial charge in [0.15, 0.2) is 0 Å². The molecule has 2 nitrogen and oxygen atoms in total. The van der Waals surface area contributed by atoms with Gasteiger partial charge in [-0.2, -0.15) is 0 Å². The van der Waals surface area contributed by atoms with Crippen molar-refractivity contribution in [3.63, 3.8) is 0 Å². The van der Waals surface area contributed by atoms with Crippen LogP contribution in [0.25, 0.3) is 32.9 Å². The molecule has 0 atom stereocenters. The van der Waals surface area contributed by atoms with Gasteiger partial charge in [0.1, 0.15) is 0 Å². The number of aromatic nitrogens is 1. The van der Waals surface area contributed by atoms with E-state index in [1.54, 1.807) is 0 Å². The van der Waals surface area contributed by atoms with Gasteiger partial charge in [-0.05, 0) is 41.8 Å². The van der Waals surface area contributed by atoms with E-state index in [1.807, 2.05) is 42.5 Å². The summed E-state index contributed by atoms with van der Waals surface area (Å²) >= 11 is 0. The van der Waals surface area contributed by atoms with E-state index in [0.717, 1.165) is 27.4 Å². The molecule has 0 radical (unpaired) electrons. The highest BCUT2D eigenvalue weighted by Gasteiger charge is 2.10. The SMILES string of the molecule is Cc1ccccc1.NCc1ccc2nc3ccccc3cc2c1-c1ccccc1. The Hall–Kier alpha value is -3.49. The monoisotopic (exact) mass is 376 g/mol. The lowest BCUT2D eigenvalue weighted by molar-refractivity contribution is 1.08. The first-order valence-electron chi connectivity index (χ1n) is 9.85. The van der Waals surface area contributed by atoms with Crippen molar-refractivity contribution >= 4 is 21.8 Å². The zero-order valence-electron chi connectivity index (χ0n) is 16.5. The molecule has 0 fully saturated rings. The van der Waals surface area contributed by atoms with Gasteiger partial charge in [-0.15, -0.1) is 0 Å². The Balaban J connectivity index is 0.000000249. The van der Waals surface area contributed by atoms with Crippen LogP contribution in [0.4, 0.5) is 0 Å². The number of nitrogens with zero attached hydrogens (tertiary/aromatic N) is 1. The van der Waals surface area contributed by atoms with E-state index >= 15 is 0 Å². The number of fused-ring (bicyclic) bond motifs is 2. The molecule has 2 N–H and O–H groups in total. The second-order valence-electron chi connectivity index (χ2n) is 7.07. The van der Waals surface area contributed by atoms with Gasteiger partial charge in [0.2, 0.25) is 0 Å². The molecule has 142 valence electrons. The molecular formula is C27H24N2. The minimum atomic E-state index is 0.521. The maximum Gasteiger partial charge on any atom is 0.0716 e. The van der Waals surface area contributed by atoms with Crippen LogP contribution >= 0.6 is 0 Å². The number of benzene rings is 4. The van der Waals surface area contributed by atoms with Crippen molar-refractivity contribution in [2.24, 2.45) is 5.73 Å². The molecule has 5 rings (SSSR count). The lowest BCUT2D eigenvalue weighted by Gasteiger charge is -2.13. The Morgan fingerprint density at radius 2 is 1.34 bits per heavy atom. The second kappa shape index (κ2) is 8.68. The summed E-state index contributed by atoms with van der Waals surface area (Å²) in [6.07, 6.45) is 0. The van der Waals surface area contributed by atoms with Crippen LogP contribution in [-0.2, 0) is 6.54 Å². The fourth-order valence-corrected chi connectivity index (χ4v) is 3.54. The second-order valence-corrected chi connectivity index (χ2v) is 7.07. The molecule has 0 spiro atoms. The third kappa shape index (κ3) is 4.18. The molecule has 0 aliphatic rings. The van der Waals surface area contributed by atoms with Crippen LogP contribution in [0, 0.1) is 6.92 Å². The molecule has 0 unspecified atom stereocenters. The van der Waals surface area contributed by atoms with Crippen LogP contribution in [0.3, 0.4) is 0 Å². The number of hydrogen-bond donors (Lipinski definition) is 1. The average Bonchev–Trinajstić information content (AvgIpc) is 2.78. The topological polar surface area (TPSA) is 38.9 Å². The van der Waals surface area contributed by atoms with E-state index in [2.05, 4.69) is 67.6 Å². The molecule has 0 saturated carbocycles. The maximum absolute atomic E-state index is 5.97. The van der Waals surface area contributed by atoms with E-state index in [9.17, 15) is 0 Å². The fourth-order valence-electron chi connectivity index (χ4n) is 3.54. The fraction of sp³-hybridized carbons (Fsp3) is 0.0741. The largest absolute Gasteiger partial charge is 0.326 e. The Kier molecular flexibility index (Phi) is 5.64. The lowest BCUT2D eigenvalue weighted by atomic mass is 9.94. The van der Waals surface area contributed by atoms with Gasteiger partial charge in [-0.3, -0.25) is 0 Å². The molecule has 0 saturated heterocycles. The van der Waals surface area contributed by atoms with E-state index in [-0.39, 0.29) is 0 Å². The summed E-state index contributed by atoms with van der Waals surface area (Å²) in [5.74, 6) is 0. The van der Waals surface area contributed by atoms with Crippen LogP contribution in [0.5, 0.6) is 0 Å². The smallest absolute Gasteiger partial charge is 0.0716 e. The molecule has 1 aromatic heterocycles. The highest BCUT2D eigenvalue weighted by molar-refractivity contribution is 6.02. The van der Waals surface area contributed by atoms with Gasteiger partial charge in [0.25, 0.3) is 0 Å². The Bertz CT molecular complexity index is 1230. The predicted molar refractivity (Wildman–Crippen MR) is 124 cm³/mol. The molecule has 0 aliphatic heterocycles. The minimum absolute atomic E-state index is 0.521. The maximum atomic E-state index is 5.97. The first kappa shape index (κ1) is 18.9. The number of nitrogens with two attached hydrogens (primary N) is 1. The summed E-state index contributed by atoms with van der Waals surface area (Å²) in [4.78, 5) is 4.80. The van der Waals surface area contributed by atoms with Crippen molar-refractivity contribution in [1.29, 1.82) is 0 Å². The summed E-state index contributed by atoms with van der Waals surface area (Å²) in [5.41, 5.74) is 12.9. The van der Waals surface area contributed by atoms with Crippen molar-refractivity contribution < 1.29 is 0 Å². The molecule has 0 amide bonds. The van der Waals surface area contributed by atoms with E-state index in [0.29, 0.717) is 6.54 Å². The first-order chi connectivity index (χ1) is 14.3. The van der Waals surface area contributed by atoms with Gasteiger partial charge in [-0.1, -0.05) is 90.5 Å². The zero-order chi connectivity index (χ0) is 20.1. The Labute approximate surface area is 171 Å². The third-order valence-electron chi connectivity index (χ3n) is 5.01. The van der Waals surface area contributed by atoms with Crippen molar-refractivity contribution in [1.82, 2.24) is 4.98 Å². The molecule has 0 aliphatic carbocycles. The lowest BCUT2D eigenvalue weighted by Crippen LogP contribution is -2.00. The summed E-state index contributed by atoms with van der Waals surface area (Å²) < 4.78 is 0. The van der Waals surface area contributed by atoms with Gasteiger partial charge < -0.3 is 5.73 Å². The molecule has 1 heterocycles. The number of para-hydroxylation sites is 1. The van der Waals surface area contributed by atoms with E-state index in [1.165, 1.54) is 16.7 Å². The number of aryl methyl sites for hydroxylation is 1. The molecule has 2 heteroatoms. The summed E-state index contributed by atoms with van der Waals surface area (Å²) in [5, 5.41) is 2.31. The van der Waals surface area contributed by atoms with Gasteiger partial charge in [0, 0.05) is 17.3 Å². The highest BCUT2D eigenvalue weighted by Crippen LogP contribution is 2.33. The average molecular weight is 377 g/mol. The number of rotatable bonds is 2. The number of hydrogen-bond acceptors (Lipinski definition) is 2. The van der Waals surface area contributed by atoms with Gasteiger partial charge in [0.05, 0.1) is 11.0 Å². The molecule has 0 bridgehead atoms. The van der Waals surface area contributed by atoms with E-state index < -0.39 is 0 Å². The standard InChI is InChI=1S/C20H16N2.C7H8/c21-13-16-10-11-19-17(20(16)14-6-2-1-3-7-14)12-15-8-4-5-9-18(15)22-19;1-7-5-3-2-4-6-7/h1-12H,13,21H2;2-6H,1H3. The van der Waals surface area contributed by atoms with E-state index in [4.69, 9.17) is 10.7 Å². The highest BCUT2D eigenvalue weighted by atomic mass is 14.7. The van der Waals surface area contributed by atoms with Crippen molar-refractivity contribution in [3.8, 4) is 11.1 Å². The summed E-state index contributed by atoms with van der Waals surface area (Å²) in [6, 6.07) is 35.3. The quantitative estimate of drug-likeness (QED) is 0.357.